The monoisotopic (exact) mass is 450 g/mol. The highest BCUT2D eigenvalue weighted by Crippen LogP contribution is 2.38. The van der Waals surface area contributed by atoms with Gasteiger partial charge in [-0.05, 0) is 35.9 Å². The summed E-state index contributed by atoms with van der Waals surface area (Å²) in [6.45, 7) is 0.221. The number of aromatic nitrogens is 3. The summed E-state index contributed by atoms with van der Waals surface area (Å²) in [5.41, 5.74) is 1.34. The van der Waals surface area contributed by atoms with Crippen molar-refractivity contribution in [2.75, 3.05) is 26.6 Å². The van der Waals surface area contributed by atoms with E-state index in [0.29, 0.717) is 40.3 Å². The van der Waals surface area contributed by atoms with Crippen molar-refractivity contribution in [2.45, 2.75) is 6.61 Å². The number of benzene rings is 2. The molecule has 1 N–H and O–H groups in total. The summed E-state index contributed by atoms with van der Waals surface area (Å²) in [4.78, 5) is 16.4. The van der Waals surface area contributed by atoms with E-state index in [0.717, 1.165) is 5.56 Å². The molecule has 0 aliphatic carbocycles. The van der Waals surface area contributed by atoms with Crippen LogP contribution in [0.5, 0.6) is 28.9 Å². The van der Waals surface area contributed by atoms with E-state index < -0.39 is 6.09 Å². The number of anilines is 1. The Balaban J connectivity index is 1.44. The van der Waals surface area contributed by atoms with Crippen molar-refractivity contribution >= 4 is 17.6 Å². The smallest absolute Gasteiger partial charge is 0.418 e. The van der Waals surface area contributed by atoms with Gasteiger partial charge in [-0.1, -0.05) is 18.2 Å². The molecule has 0 aliphatic heterocycles. The topological polar surface area (TPSA) is 105 Å². The number of carbonyl (C=O) groups is 1. The van der Waals surface area contributed by atoms with E-state index in [4.69, 9.17) is 23.7 Å². The third-order valence-corrected chi connectivity index (χ3v) is 4.59. The summed E-state index contributed by atoms with van der Waals surface area (Å²) < 4.78 is 28.6. The van der Waals surface area contributed by atoms with Gasteiger partial charge in [0.05, 0.1) is 27.5 Å². The van der Waals surface area contributed by atoms with Gasteiger partial charge in [0, 0.05) is 6.07 Å². The fourth-order valence-corrected chi connectivity index (χ4v) is 3.10. The Hall–Kier alpha value is -4.47. The summed E-state index contributed by atoms with van der Waals surface area (Å²) in [6, 6.07) is 15.8. The first-order chi connectivity index (χ1) is 16.1. The molecular weight excluding hydrogens is 428 g/mol. The van der Waals surface area contributed by atoms with Gasteiger partial charge in [-0.15, -0.1) is 5.10 Å². The van der Waals surface area contributed by atoms with Gasteiger partial charge in [-0.2, -0.15) is 0 Å². The van der Waals surface area contributed by atoms with Crippen molar-refractivity contribution in [3.05, 3.63) is 66.4 Å². The Labute approximate surface area is 189 Å². The average molecular weight is 450 g/mol. The maximum absolute atomic E-state index is 12.1. The molecule has 0 spiro atoms. The number of amides is 1. The zero-order chi connectivity index (χ0) is 23.2. The third-order valence-electron chi connectivity index (χ3n) is 4.59. The molecule has 2 heterocycles. The molecule has 1 amide bonds. The van der Waals surface area contributed by atoms with E-state index in [1.54, 1.807) is 76.1 Å². The lowest BCUT2D eigenvalue weighted by atomic mass is 10.2. The minimum absolute atomic E-state index is 0.221. The maximum Gasteiger partial charge on any atom is 0.418 e. The summed E-state index contributed by atoms with van der Waals surface area (Å²) >= 11 is 0. The highest BCUT2D eigenvalue weighted by Gasteiger charge is 2.14. The summed E-state index contributed by atoms with van der Waals surface area (Å²) in [5.74, 6) is 2.67. The highest BCUT2D eigenvalue weighted by molar-refractivity contribution is 5.85. The molecule has 0 radical (unpaired) electrons. The van der Waals surface area contributed by atoms with Gasteiger partial charge >= 0.3 is 6.09 Å². The number of carbonyl (C=O) groups excluding carboxylic acids is 1. The Morgan fingerprint density at radius 3 is 2.36 bits per heavy atom. The first-order valence-electron chi connectivity index (χ1n) is 9.91. The lowest BCUT2D eigenvalue weighted by Crippen LogP contribution is -2.16. The largest absolute Gasteiger partial charge is 0.493 e. The molecule has 0 bridgehead atoms. The van der Waals surface area contributed by atoms with Gasteiger partial charge in [0.25, 0.3) is 0 Å². The fraction of sp³-hybridized carbons (Fsp3) is 0.174. The Bertz CT molecular complexity index is 1230. The van der Waals surface area contributed by atoms with Crippen molar-refractivity contribution in [3.63, 3.8) is 0 Å². The van der Waals surface area contributed by atoms with Gasteiger partial charge in [-0.25, -0.2) is 14.3 Å². The first-order valence-corrected chi connectivity index (χ1v) is 9.91. The lowest BCUT2D eigenvalue weighted by molar-refractivity contribution is 0.215. The second kappa shape index (κ2) is 9.77. The molecular formula is C23H22N4O6. The van der Waals surface area contributed by atoms with Crippen molar-refractivity contribution < 1.29 is 28.5 Å². The number of hydrogen-bond donors (Lipinski definition) is 1. The van der Waals surface area contributed by atoms with Crippen LogP contribution in [0.1, 0.15) is 5.56 Å². The molecule has 0 aliphatic rings. The molecule has 0 fully saturated rings. The van der Waals surface area contributed by atoms with Crippen LogP contribution in [0.3, 0.4) is 0 Å². The first kappa shape index (κ1) is 21.8. The van der Waals surface area contributed by atoms with Crippen LogP contribution in [0.2, 0.25) is 0 Å². The number of imidazole rings is 1. The normalized spacial score (nSPS) is 10.5. The number of fused-ring (bicyclic) bond motifs is 1. The number of ether oxygens (including phenoxy) is 5. The van der Waals surface area contributed by atoms with E-state index in [1.165, 1.54) is 4.52 Å². The van der Waals surface area contributed by atoms with Crippen LogP contribution in [-0.4, -0.2) is 42.0 Å². The van der Waals surface area contributed by atoms with Crippen LogP contribution in [0.4, 0.5) is 10.6 Å². The van der Waals surface area contributed by atoms with E-state index in [9.17, 15) is 4.79 Å². The number of nitrogens with zero attached hydrogens (tertiary/aromatic N) is 3. The summed E-state index contributed by atoms with van der Waals surface area (Å²) in [5, 5.41) is 6.95. The van der Waals surface area contributed by atoms with Crippen molar-refractivity contribution in [1.82, 2.24) is 14.6 Å². The molecule has 170 valence electrons. The SMILES string of the molecule is COc1cc(COc2ccc3nc(NC(=O)Oc4ccccc4)cn3n2)cc(OC)c1OC. The zero-order valence-electron chi connectivity index (χ0n) is 18.3. The number of nitrogens with one attached hydrogen (secondary N) is 1. The van der Waals surface area contributed by atoms with Crippen LogP contribution in [-0.2, 0) is 6.61 Å². The molecule has 2 aromatic heterocycles. The molecule has 10 nitrogen and oxygen atoms in total. The third kappa shape index (κ3) is 5.06. The molecule has 33 heavy (non-hydrogen) atoms. The molecule has 0 unspecified atom stereocenters. The van der Waals surface area contributed by atoms with Gasteiger partial charge in [0.15, 0.2) is 23.0 Å². The van der Waals surface area contributed by atoms with Crippen LogP contribution < -0.4 is 29.0 Å². The minimum Gasteiger partial charge on any atom is -0.493 e. The molecule has 0 saturated heterocycles. The fourth-order valence-electron chi connectivity index (χ4n) is 3.10. The second-order valence-corrected chi connectivity index (χ2v) is 6.75. The van der Waals surface area contributed by atoms with Gasteiger partial charge in [-0.3, -0.25) is 5.32 Å². The van der Waals surface area contributed by atoms with Crippen molar-refractivity contribution in [3.8, 4) is 28.9 Å². The minimum atomic E-state index is -0.650. The number of rotatable bonds is 8. The molecule has 4 rings (SSSR count). The summed E-state index contributed by atoms with van der Waals surface area (Å²) in [7, 11) is 4.65. The number of methoxy groups -OCH3 is 3. The molecule has 2 aromatic carbocycles. The van der Waals surface area contributed by atoms with Crippen molar-refractivity contribution in [2.24, 2.45) is 0 Å². The average Bonchev–Trinajstić information content (AvgIpc) is 3.23. The lowest BCUT2D eigenvalue weighted by Gasteiger charge is -2.14. The molecule has 4 aromatic rings. The molecule has 0 saturated carbocycles. The van der Waals surface area contributed by atoms with E-state index in [2.05, 4.69) is 15.4 Å². The second-order valence-electron chi connectivity index (χ2n) is 6.75. The Morgan fingerprint density at radius 1 is 0.970 bits per heavy atom. The highest BCUT2D eigenvalue weighted by atomic mass is 16.6. The standard InChI is InChI=1S/C23H22N4O6/c1-29-17-11-15(12-18(30-2)22(17)31-3)14-32-21-10-9-20-24-19(13-27(20)26-21)25-23(28)33-16-7-5-4-6-8-16/h4-13H,14H2,1-3H3,(H,25,28). The van der Waals surface area contributed by atoms with Crippen LogP contribution in [0.15, 0.2) is 60.8 Å². The Kier molecular flexibility index (Phi) is 6.44. The summed E-state index contributed by atoms with van der Waals surface area (Å²) in [6.07, 6.45) is 0.914. The van der Waals surface area contributed by atoms with Gasteiger partial charge in [0.1, 0.15) is 12.4 Å². The van der Waals surface area contributed by atoms with Crippen LogP contribution in [0.25, 0.3) is 5.65 Å². The van der Waals surface area contributed by atoms with Crippen LogP contribution in [0, 0.1) is 0 Å². The van der Waals surface area contributed by atoms with Crippen molar-refractivity contribution in [1.29, 1.82) is 0 Å². The van der Waals surface area contributed by atoms with Crippen LogP contribution >= 0.6 is 0 Å². The van der Waals surface area contributed by atoms with Gasteiger partial charge in [0.2, 0.25) is 11.6 Å². The van der Waals surface area contributed by atoms with E-state index in [-0.39, 0.29) is 6.61 Å². The number of hydrogen-bond acceptors (Lipinski definition) is 8. The quantitative estimate of drug-likeness (QED) is 0.430. The number of para-hydroxylation sites is 1. The predicted molar refractivity (Wildman–Crippen MR) is 120 cm³/mol. The Morgan fingerprint density at radius 2 is 1.70 bits per heavy atom. The predicted octanol–water partition coefficient (Wildman–Crippen LogP) is 3.95. The zero-order valence-corrected chi connectivity index (χ0v) is 18.3. The maximum atomic E-state index is 12.1. The van der Waals surface area contributed by atoms with E-state index >= 15 is 0 Å². The molecule has 10 heteroatoms. The van der Waals surface area contributed by atoms with E-state index in [1.807, 2.05) is 6.07 Å². The van der Waals surface area contributed by atoms with Gasteiger partial charge < -0.3 is 23.7 Å². The molecule has 0 atom stereocenters.